The fraction of sp³-hybridized carbons (Fsp3) is 0.455. The van der Waals surface area contributed by atoms with E-state index in [2.05, 4.69) is 5.16 Å². The zero-order valence-electron chi connectivity index (χ0n) is 10.8. The third-order valence-electron chi connectivity index (χ3n) is 2.76. The largest absolute Gasteiger partial charge is 0.466 e. The minimum absolute atomic E-state index is 0.0485. The fourth-order valence-electron chi connectivity index (χ4n) is 1.79. The van der Waals surface area contributed by atoms with Crippen molar-refractivity contribution < 1.29 is 14.1 Å². The summed E-state index contributed by atoms with van der Waals surface area (Å²) >= 11 is 0. The number of hydrogen-bond acceptors (Lipinski definition) is 6. The minimum atomic E-state index is -0.543. The van der Waals surface area contributed by atoms with Crippen molar-refractivity contribution in [3.8, 4) is 0 Å². The molecule has 0 aliphatic rings. The van der Waals surface area contributed by atoms with Crippen molar-refractivity contribution in [2.75, 3.05) is 6.61 Å². The SMILES string of the molecule is CCOC(=O)Cc1noc2c1c(=O)n(C)c(=O)n2C. The van der Waals surface area contributed by atoms with Crippen molar-refractivity contribution in [3.63, 3.8) is 0 Å². The van der Waals surface area contributed by atoms with Crippen LogP contribution in [0.2, 0.25) is 0 Å². The lowest BCUT2D eigenvalue weighted by molar-refractivity contribution is -0.142. The molecule has 8 nitrogen and oxygen atoms in total. The van der Waals surface area contributed by atoms with E-state index in [-0.39, 0.29) is 29.8 Å². The van der Waals surface area contributed by atoms with Gasteiger partial charge in [0.15, 0.2) is 0 Å². The second-order valence-corrected chi connectivity index (χ2v) is 4.00. The molecular weight excluding hydrogens is 254 g/mol. The van der Waals surface area contributed by atoms with Gasteiger partial charge in [0.2, 0.25) is 5.71 Å². The highest BCUT2D eigenvalue weighted by Gasteiger charge is 2.20. The van der Waals surface area contributed by atoms with Gasteiger partial charge < -0.3 is 9.26 Å². The number of nitrogens with zero attached hydrogens (tertiary/aromatic N) is 3. The molecule has 8 heteroatoms. The van der Waals surface area contributed by atoms with Crippen LogP contribution in [0.3, 0.4) is 0 Å². The van der Waals surface area contributed by atoms with Crippen molar-refractivity contribution in [2.45, 2.75) is 13.3 Å². The van der Waals surface area contributed by atoms with Crippen molar-refractivity contribution in [3.05, 3.63) is 26.5 Å². The number of carbonyl (C=O) groups is 1. The highest BCUT2D eigenvalue weighted by Crippen LogP contribution is 2.13. The van der Waals surface area contributed by atoms with E-state index in [1.165, 1.54) is 18.7 Å². The first kappa shape index (κ1) is 13.1. The lowest BCUT2D eigenvalue weighted by Gasteiger charge is -2.02. The van der Waals surface area contributed by atoms with Gasteiger partial charge in [0, 0.05) is 14.1 Å². The van der Waals surface area contributed by atoms with E-state index in [0.29, 0.717) is 0 Å². The Labute approximate surface area is 107 Å². The van der Waals surface area contributed by atoms with Crippen LogP contribution < -0.4 is 11.2 Å². The van der Waals surface area contributed by atoms with Gasteiger partial charge in [-0.3, -0.25) is 18.7 Å². The summed E-state index contributed by atoms with van der Waals surface area (Å²) in [6.45, 7) is 1.92. The number of carbonyl (C=O) groups excluding carboxylic acids is 1. The van der Waals surface area contributed by atoms with Gasteiger partial charge in [-0.1, -0.05) is 5.16 Å². The number of ether oxygens (including phenoxy) is 1. The summed E-state index contributed by atoms with van der Waals surface area (Å²) in [7, 11) is 2.81. The molecule has 0 amide bonds. The van der Waals surface area contributed by atoms with Gasteiger partial charge in [-0.15, -0.1) is 0 Å². The molecule has 2 rings (SSSR count). The number of fused-ring (bicyclic) bond motifs is 1. The van der Waals surface area contributed by atoms with Gasteiger partial charge in [0.05, 0.1) is 13.0 Å². The molecule has 0 bridgehead atoms. The summed E-state index contributed by atoms with van der Waals surface area (Å²) in [5.41, 5.74) is -0.841. The van der Waals surface area contributed by atoms with Crippen LogP contribution in [-0.2, 0) is 30.0 Å². The molecule has 0 saturated heterocycles. The lowest BCUT2D eigenvalue weighted by atomic mass is 10.2. The summed E-state index contributed by atoms with van der Waals surface area (Å²) in [5.74, 6) is -0.506. The van der Waals surface area contributed by atoms with Crippen LogP contribution in [0.1, 0.15) is 12.6 Å². The zero-order valence-corrected chi connectivity index (χ0v) is 10.8. The molecule has 0 aliphatic carbocycles. The van der Waals surface area contributed by atoms with Crippen LogP contribution in [0.25, 0.3) is 11.1 Å². The fourth-order valence-corrected chi connectivity index (χ4v) is 1.79. The van der Waals surface area contributed by atoms with Crippen LogP contribution in [0, 0.1) is 0 Å². The molecule has 0 aromatic carbocycles. The van der Waals surface area contributed by atoms with E-state index in [0.717, 1.165) is 4.57 Å². The predicted molar refractivity (Wildman–Crippen MR) is 64.8 cm³/mol. The third-order valence-corrected chi connectivity index (χ3v) is 2.76. The van der Waals surface area contributed by atoms with Gasteiger partial charge in [-0.25, -0.2) is 4.79 Å². The van der Waals surface area contributed by atoms with Crippen molar-refractivity contribution in [1.29, 1.82) is 0 Å². The van der Waals surface area contributed by atoms with E-state index in [1.54, 1.807) is 6.92 Å². The standard InChI is InChI=1S/C11H13N3O5/c1-4-18-7(15)5-6-8-9(16)13(2)11(17)14(3)10(8)19-12-6/h4-5H2,1-3H3. The molecule has 2 aromatic heterocycles. The molecule has 0 saturated carbocycles. The number of hydrogen-bond donors (Lipinski definition) is 0. The first-order chi connectivity index (χ1) is 8.97. The maximum absolute atomic E-state index is 12.0. The molecule has 0 N–H and O–H groups in total. The van der Waals surface area contributed by atoms with E-state index in [9.17, 15) is 14.4 Å². The molecular formula is C11H13N3O5. The van der Waals surface area contributed by atoms with E-state index in [1.807, 2.05) is 0 Å². The Kier molecular flexibility index (Phi) is 3.24. The van der Waals surface area contributed by atoms with Crippen LogP contribution in [0.5, 0.6) is 0 Å². The second-order valence-electron chi connectivity index (χ2n) is 4.00. The Bertz CT molecular complexity index is 752. The second kappa shape index (κ2) is 4.71. The Morgan fingerprint density at radius 1 is 1.32 bits per heavy atom. The maximum Gasteiger partial charge on any atom is 0.333 e. The molecule has 0 radical (unpaired) electrons. The Hall–Kier alpha value is -2.38. The van der Waals surface area contributed by atoms with Crippen LogP contribution in [0.15, 0.2) is 14.1 Å². The summed E-state index contributed by atoms with van der Waals surface area (Å²) in [5, 5.41) is 3.80. The van der Waals surface area contributed by atoms with Crippen LogP contribution in [-0.4, -0.2) is 26.9 Å². The summed E-state index contributed by atoms with van der Waals surface area (Å²) in [4.78, 5) is 35.1. The first-order valence-corrected chi connectivity index (χ1v) is 5.67. The molecule has 0 aliphatic heterocycles. The topological polar surface area (TPSA) is 96.3 Å². The average molecular weight is 267 g/mol. The summed E-state index contributed by atoms with van der Waals surface area (Å²) < 4.78 is 11.9. The Balaban J connectivity index is 2.64. The average Bonchev–Trinajstić information content (AvgIpc) is 2.78. The lowest BCUT2D eigenvalue weighted by Crippen LogP contribution is -2.36. The monoisotopic (exact) mass is 267 g/mol. The molecule has 0 unspecified atom stereocenters. The Morgan fingerprint density at radius 2 is 2.00 bits per heavy atom. The molecule has 0 atom stereocenters. The number of aryl methyl sites for hydroxylation is 1. The smallest absolute Gasteiger partial charge is 0.333 e. The number of esters is 1. The van der Waals surface area contributed by atoms with Gasteiger partial charge in [-0.05, 0) is 6.92 Å². The van der Waals surface area contributed by atoms with E-state index >= 15 is 0 Å². The van der Waals surface area contributed by atoms with E-state index < -0.39 is 17.2 Å². The first-order valence-electron chi connectivity index (χ1n) is 5.67. The summed E-state index contributed by atoms with van der Waals surface area (Å²) in [6.07, 6.45) is -0.172. The number of rotatable bonds is 3. The van der Waals surface area contributed by atoms with Crippen molar-refractivity contribution in [2.24, 2.45) is 14.1 Å². The Morgan fingerprint density at radius 3 is 2.63 bits per heavy atom. The van der Waals surface area contributed by atoms with Gasteiger partial charge in [-0.2, -0.15) is 0 Å². The third kappa shape index (κ3) is 2.05. The van der Waals surface area contributed by atoms with Crippen LogP contribution >= 0.6 is 0 Å². The molecule has 0 fully saturated rings. The van der Waals surface area contributed by atoms with Gasteiger partial charge >= 0.3 is 11.7 Å². The van der Waals surface area contributed by atoms with Crippen molar-refractivity contribution in [1.82, 2.24) is 14.3 Å². The predicted octanol–water partition coefficient (Wildman–Crippen LogP) is -0.669. The maximum atomic E-state index is 12.0. The zero-order chi connectivity index (χ0) is 14.2. The van der Waals surface area contributed by atoms with Crippen molar-refractivity contribution >= 4 is 17.1 Å². The normalized spacial score (nSPS) is 10.9. The van der Waals surface area contributed by atoms with Gasteiger partial charge in [0.1, 0.15) is 11.1 Å². The molecule has 2 aromatic rings. The molecule has 0 spiro atoms. The molecule has 19 heavy (non-hydrogen) atoms. The highest BCUT2D eigenvalue weighted by molar-refractivity contribution is 5.81. The highest BCUT2D eigenvalue weighted by atomic mass is 16.5. The molecule has 102 valence electrons. The molecule has 2 heterocycles. The van der Waals surface area contributed by atoms with E-state index in [4.69, 9.17) is 9.26 Å². The number of aromatic nitrogens is 3. The minimum Gasteiger partial charge on any atom is -0.466 e. The quantitative estimate of drug-likeness (QED) is 0.684. The van der Waals surface area contributed by atoms with Gasteiger partial charge in [0.25, 0.3) is 5.56 Å². The summed E-state index contributed by atoms with van der Waals surface area (Å²) in [6, 6.07) is 0. The van der Waals surface area contributed by atoms with Crippen LogP contribution in [0.4, 0.5) is 0 Å².